The van der Waals surface area contributed by atoms with Crippen molar-refractivity contribution < 1.29 is 17.9 Å². The maximum atomic E-state index is 12.7. The molecule has 0 saturated carbocycles. The third kappa shape index (κ3) is 5.44. The van der Waals surface area contributed by atoms with E-state index >= 15 is 0 Å². The summed E-state index contributed by atoms with van der Waals surface area (Å²) in [5.74, 6) is 1.33. The van der Waals surface area contributed by atoms with E-state index in [0.717, 1.165) is 73.6 Å². The lowest BCUT2D eigenvalue weighted by Gasteiger charge is -2.32. The summed E-state index contributed by atoms with van der Waals surface area (Å²) in [6.07, 6.45) is -0.829. The van der Waals surface area contributed by atoms with Crippen molar-refractivity contribution in [2.75, 3.05) is 31.5 Å². The van der Waals surface area contributed by atoms with Gasteiger partial charge in [0.25, 0.3) is 0 Å². The van der Waals surface area contributed by atoms with Gasteiger partial charge in [0, 0.05) is 43.5 Å². The topological polar surface area (TPSA) is 50.3 Å². The molecule has 31 heavy (non-hydrogen) atoms. The predicted octanol–water partition coefficient (Wildman–Crippen LogP) is 4.91. The van der Waals surface area contributed by atoms with Crippen LogP contribution >= 0.6 is 0 Å². The first kappa shape index (κ1) is 21.4. The second-order valence-corrected chi connectivity index (χ2v) is 7.77. The van der Waals surface area contributed by atoms with Gasteiger partial charge in [-0.05, 0) is 62.2 Å². The van der Waals surface area contributed by atoms with Crippen LogP contribution in [0.1, 0.15) is 24.1 Å². The first-order chi connectivity index (χ1) is 14.9. The monoisotopic (exact) mass is 430 g/mol. The minimum Gasteiger partial charge on any atom is -0.490 e. The molecule has 0 spiro atoms. The molecule has 0 aliphatic carbocycles. The number of aromatic nitrogens is 2. The molecule has 1 aliphatic rings. The van der Waals surface area contributed by atoms with Gasteiger partial charge in [-0.3, -0.25) is 4.98 Å². The summed E-state index contributed by atoms with van der Waals surface area (Å²) in [6, 6.07) is 10.8. The summed E-state index contributed by atoms with van der Waals surface area (Å²) in [5, 5.41) is 4.43. The van der Waals surface area contributed by atoms with Crippen molar-refractivity contribution in [3.8, 4) is 5.75 Å². The van der Waals surface area contributed by atoms with E-state index < -0.39 is 11.7 Å². The molecule has 0 unspecified atom stereocenters. The summed E-state index contributed by atoms with van der Waals surface area (Å²) in [4.78, 5) is 11.3. The van der Waals surface area contributed by atoms with Crippen LogP contribution in [-0.2, 0) is 6.18 Å². The molecule has 1 saturated heterocycles. The van der Waals surface area contributed by atoms with Gasteiger partial charge >= 0.3 is 6.18 Å². The average Bonchev–Trinajstić information content (AvgIpc) is 2.75. The Hall–Kier alpha value is -2.87. The number of likely N-dealkylation sites (tertiary alicyclic amines) is 1. The predicted molar refractivity (Wildman–Crippen MR) is 114 cm³/mol. The molecular weight excluding hydrogens is 405 g/mol. The number of pyridine rings is 2. The van der Waals surface area contributed by atoms with Crippen LogP contribution in [0.5, 0.6) is 5.75 Å². The van der Waals surface area contributed by atoms with Crippen molar-refractivity contribution in [1.82, 2.24) is 14.9 Å². The van der Waals surface area contributed by atoms with Gasteiger partial charge < -0.3 is 15.0 Å². The minimum atomic E-state index is -4.32. The molecule has 1 aromatic carbocycles. The van der Waals surface area contributed by atoms with Crippen LogP contribution in [0.2, 0.25) is 0 Å². The number of alkyl halides is 3. The fraction of sp³-hybridized carbons (Fsp3) is 0.391. The number of piperidine rings is 1. The van der Waals surface area contributed by atoms with Crippen LogP contribution in [0.15, 0.2) is 48.7 Å². The van der Waals surface area contributed by atoms with E-state index in [-0.39, 0.29) is 6.10 Å². The molecule has 1 fully saturated rings. The van der Waals surface area contributed by atoms with Crippen LogP contribution in [0, 0.1) is 6.92 Å². The number of hydrogen-bond acceptors (Lipinski definition) is 5. The number of ether oxygens (including phenoxy) is 1. The zero-order valence-electron chi connectivity index (χ0n) is 17.3. The zero-order valence-corrected chi connectivity index (χ0v) is 17.3. The van der Waals surface area contributed by atoms with Gasteiger partial charge in [-0.1, -0.05) is 0 Å². The lowest BCUT2D eigenvalue weighted by atomic mass is 10.1. The highest BCUT2D eigenvalue weighted by atomic mass is 19.4. The van der Waals surface area contributed by atoms with Crippen molar-refractivity contribution in [2.24, 2.45) is 0 Å². The summed E-state index contributed by atoms with van der Waals surface area (Å²) < 4.78 is 43.8. The van der Waals surface area contributed by atoms with Crippen molar-refractivity contribution in [3.05, 3.63) is 59.9 Å². The van der Waals surface area contributed by atoms with Crippen molar-refractivity contribution in [1.29, 1.82) is 0 Å². The number of nitrogens with one attached hydrogen (secondary N) is 1. The maximum absolute atomic E-state index is 12.7. The highest BCUT2D eigenvalue weighted by molar-refractivity contribution is 5.81. The summed E-state index contributed by atoms with van der Waals surface area (Å²) in [7, 11) is 0. The highest BCUT2D eigenvalue weighted by Gasteiger charge is 2.30. The Balaban J connectivity index is 1.21. The molecule has 2 aromatic heterocycles. The maximum Gasteiger partial charge on any atom is 0.416 e. The van der Waals surface area contributed by atoms with Gasteiger partial charge in [0.05, 0.1) is 11.1 Å². The molecule has 5 nitrogen and oxygen atoms in total. The van der Waals surface area contributed by atoms with Crippen molar-refractivity contribution >= 4 is 16.7 Å². The summed E-state index contributed by atoms with van der Waals surface area (Å²) in [5.41, 5.74) is 1.24. The number of fused-ring (bicyclic) bond motifs is 1. The SMILES string of the molecule is Cc1nccc2nc(NCCN3CCC(Oc4ccc(C(F)(F)F)cc4)CC3)ccc12. The number of anilines is 1. The number of rotatable bonds is 6. The lowest BCUT2D eigenvalue weighted by molar-refractivity contribution is -0.137. The van der Waals surface area contributed by atoms with Crippen LogP contribution in [-0.4, -0.2) is 47.2 Å². The van der Waals surface area contributed by atoms with E-state index in [9.17, 15) is 13.2 Å². The molecule has 8 heteroatoms. The van der Waals surface area contributed by atoms with Gasteiger partial charge in [-0.2, -0.15) is 13.2 Å². The fourth-order valence-electron chi connectivity index (χ4n) is 3.80. The zero-order chi connectivity index (χ0) is 21.8. The largest absolute Gasteiger partial charge is 0.490 e. The quantitative estimate of drug-likeness (QED) is 0.602. The van der Waals surface area contributed by atoms with Gasteiger partial charge in [0.1, 0.15) is 17.7 Å². The Morgan fingerprint density at radius 3 is 2.52 bits per heavy atom. The molecule has 164 valence electrons. The van der Waals surface area contributed by atoms with Crippen LogP contribution < -0.4 is 10.1 Å². The summed E-state index contributed by atoms with van der Waals surface area (Å²) in [6.45, 7) is 5.43. The number of halogens is 3. The number of benzene rings is 1. The first-order valence-corrected chi connectivity index (χ1v) is 10.4. The molecule has 0 radical (unpaired) electrons. The smallest absolute Gasteiger partial charge is 0.416 e. The molecule has 0 atom stereocenters. The lowest BCUT2D eigenvalue weighted by Crippen LogP contribution is -2.40. The Kier molecular flexibility index (Phi) is 6.27. The van der Waals surface area contributed by atoms with Crippen LogP contribution in [0.4, 0.5) is 19.0 Å². The molecule has 0 amide bonds. The number of nitrogens with zero attached hydrogens (tertiary/aromatic N) is 3. The number of aryl methyl sites for hydroxylation is 1. The fourth-order valence-corrected chi connectivity index (χ4v) is 3.80. The van der Waals surface area contributed by atoms with Gasteiger partial charge in [0.2, 0.25) is 0 Å². The second-order valence-electron chi connectivity index (χ2n) is 7.77. The molecule has 3 heterocycles. The Morgan fingerprint density at radius 1 is 1.06 bits per heavy atom. The molecule has 1 aliphatic heterocycles. The average molecular weight is 430 g/mol. The van der Waals surface area contributed by atoms with Gasteiger partial charge in [0.15, 0.2) is 0 Å². The molecule has 0 bridgehead atoms. The van der Waals surface area contributed by atoms with E-state index in [1.165, 1.54) is 12.1 Å². The third-order valence-corrected chi connectivity index (χ3v) is 5.57. The molecule has 1 N–H and O–H groups in total. The standard InChI is InChI=1S/C23H25F3N4O/c1-16-20-6-7-22(29-21(20)8-11-27-16)28-12-15-30-13-9-19(10-14-30)31-18-4-2-17(3-5-18)23(24,25)26/h2-8,11,19H,9-10,12-15H2,1H3,(H,28,29). The normalized spacial score (nSPS) is 15.9. The number of hydrogen-bond donors (Lipinski definition) is 1. The van der Waals surface area contributed by atoms with Gasteiger partial charge in [-0.15, -0.1) is 0 Å². The van der Waals surface area contributed by atoms with Crippen molar-refractivity contribution in [2.45, 2.75) is 32.0 Å². The molecular formula is C23H25F3N4O. The Morgan fingerprint density at radius 2 is 1.81 bits per heavy atom. The minimum absolute atomic E-state index is 0.0277. The van der Waals surface area contributed by atoms with Gasteiger partial charge in [-0.25, -0.2) is 4.98 Å². The van der Waals surface area contributed by atoms with E-state index in [0.29, 0.717) is 5.75 Å². The molecule has 3 aromatic rings. The Labute approximate surface area is 179 Å². The highest BCUT2D eigenvalue weighted by Crippen LogP contribution is 2.30. The van der Waals surface area contributed by atoms with Crippen molar-refractivity contribution in [3.63, 3.8) is 0 Å². The first-order valence-electron chi connectivity index (χ1n) is 10.4. The van der Waals surface area contributed by atoms with E-state index in [4.69, 9.17) is 4.74 Å². The van der Waals surface area contributed by atoms with E-state index in [1.54, 1.807) is 6.20 Å². The molecule has 4 rings (SSSR count). The van der Waals surface area contributed by atoms with Crippen LogP contribution in [0.3, 0.4) is 0 Å². The summed E-state index contributed by atoms with van der Waals surface area (Å²) >= 11 is 0. The van der Waals surface area contributed by atoms with E-state index in [1.807, 2.05) is 25.1 Å². The second kappa shape index (κ2) is 9.09. The van der Waals surface area contributed by atoms with E-state index in [2.05, 4.69) is 20.2 Å². The Bertz CT molecular complexity index is 1020. The van der Waals surface area contributed by atoms with Crippen LogP contribution in [0.25, 0.3) is 10.9 Å². The third-order valence-electron chi connectivity index (χ3n) is 5.57.